The van der Waals surface area contributed by atoms with E-state index in [0.29, 0.717) is 5.56 Å². The fourth-order valence-electron chi connectivity index (χ4n) is 1.15. The van der Waals surface area contributed by atoms with Crippen molar-refractivity contribution in [1.29, 1.82) is 0 Å². The number of hydrogen-bond donors (Lipinski definition) is 0. The molecule has 0 spiro atoms. The zero-order valence-electron chi connectivity index (χ0n) is 7.21. The van der Waals surface area contributed by atoms with Crippen LogP contribution in [0.2, 0.25) is 0 Å². The van der Waals surface area contributed by atoms with Gasteiger partial charge in [-0.1, -0.05) is 24.3 Å². The van der Waals surface area contributed by atoms with Crippen LogP contribution in [0.3, 0.4) is 0 Å². The second-order valence-corrected chi connectivity index (χ2v) is 3.44. The van der Waals surface area contributed by atoms with E-state index < -0.39 is 0 Å². The number of rotatable bonds is 2. The minimum atomic E-state index is 0. The van der Waals surface area contributed by atoms with Gasteiger partial charge in [-0.15, -0.1) is 23.7 Å². The molecule has 2 aromatic rings. The Labute approximate surface area is 92.0 Å². The van der Waals surface area contributed by atoms with E-state index in [1.54, 1.807) is 12.3 Å². The minimum absolute atomic E-state index is 0. The Morgan fingerprint density at radius 2 is 2.07 bits per heavy atom. The van der Waals surface area contributed by atoms with Crippen molar-refractivity contribution in [3.8, 4) is 10.6 Å². The van der Waals surface area contributed by atoms with E-state index in [4.69, 9.17) is 0 Å². The number of thiazole rings is 1. The molecule has 72 valence electrons. The first-order valence-corrected chi connectivity index (χ1v) is 4.74. The fourth-order valence-corrected chi connectivity index (χ4v) is 1.84. The normalized spacial score (nSPS) is 9.14. The lowest BCUT2D eigenvalue weighted by atomic mass is 10.1. The third-order valence-electron chi connectivity index (χ3n) is 1.75. The second kappa shape index (κ2) is 4.88. The van der Waals surface area contributed by atoms with Gasteiger partial charge in [-0.05, 0) is 0 Å². The summed E-state index contributed by atoms with van der Waals surface area (Å²) in [7, 11) is 0. The molecule has 0 N–H and O–H groups in total. The Hall–Kier alpha value is -1.19. The van der Waals surface area contributed by atoms with Crippen molar-refractivity contribution in [2.24, 2.45) is 0 Å². The quantitative estimate of drug-likeness (QED) is 0.736. The van der Waals surface area contributed by atoms with Crippen molar-refractivity contribution >= 4 is 30.0 Å². The van der Waals surface area contributed by atoms with Crippen LogP contribution >= 0.6 is 23.7 Å². The zero-order valence-corrected chi connectivity index (χ0v) is 8.85. The number of aldehydes is 1. The predicted octanol–water partition coefficient (Wildman–Crippen LogP) is 3.04. The average Bonchev–Trinajstić information content (AvgIpc) is 2.70. The summed E-state index contributed by atoms with van der Waals surface area (Å²) in [6, 6.07) is 7.46. The molecule has 1 aromatic carbocycles. The van der Waals surface area contributed by atoms with Gasteiger partial charge < -0.3 is 0 Å². The number of hydrogen-bond acceptors (Lipinski definition) is 3. The van der Waals surface area contributed by atoms with E-state index in [9.17, 15) is 4.79 Å². The standard InChI is InChI=1S/C10H7NOS.ClH/c12-7-8-3-1-2-4-9(8)10-11-5-6-13-10;/h1-7H;1H. The molecule has 0 aliphatic rings. The first-order valence-electron chi connectivity index (χ1n) is 3.86. The molecule has 0 radical (unpaired) electrons. The number of halogens is 1. The van der Waals surface area contributed by atoms with Gasteiger partial charge in [0, 0.05) is 22.7 Å². The largest absolute Gasteiger partial charge is 0.298 e. The molecule has 1 aromatic heterocycles. The zero-order chi connectivity index (χ0) is 9.10. The van der Waals surface area contributed by atoms with Crippen LogP contribution in [0.15, 0.2) is 35.8 Å². The van der Waals surface area contributed by atoms with Gasteiger partial charge in [-0.25, -0.2) is 4.98 Å². The third kappa shape index (κ3) is 2.00. The molecule has 0 amide bonds. The highest BCUT2D eigenvalue weighted by Crippen LogP contribution is 2.23. The van der Waals surface area contributed by atoms with Crippen LogP contribution in [0.5, 0.6) is 0 Å². The number of nitrogens with zero attached hydrogens (tertiary/aromatic N) is 1. The Morgan fingerprint density at radius 1 is 1.29 bits per heavy atom. The van der Waals surface area contributed by atoms with Gasteiger partial charge in [-0.2, -0.15) is 0 Å². The maximum Gasteiger partial charge on any atom is 0.150 e. The van der Waals surface area contributed by atoms with Crippen molar-refractivity contribution in [2.45, 2.75) is 0 Å². The fraction of sp³-hybridized carbons (Fsp3) is 0. The number of carbonyl (C=O) groups is 1. The SMILES string of the molecule is Cl.O=Cc1ccccc1-c1nccs1. The first-order chi connectivity index (χ1) is 6.42. The van der Waals surface area contributed by atoms with Crippen molar-refractivity contribution in [1.82, 2.24) is 4.98 Å². The Bertz CT molecular complexity index is 414. The summed E-state index contributed by atoms with van der Waals surface area (Å²) in [6.45, 7) is 0. The van der Waals surface area contributed by atoms with Crippen molar-refractivity contribution in [2.75, 3.05) is 0 Å². The van der Waals surface area contributed by atoms with Gasteiger partial charge in [0.2, 0.25) is 0 Å². The molecule has 2 nitrogen and oxygen atoms in total. The van der Waals surface area contributed by atoms with E-state index in [-0.39, 0.29) is 12.4 Å². The maximum atomic E-state index is 10.7. The van der Waals surface area contributed by atoms with Crippen LogP contribution in [0.1, 0.15) is 10.4 Å². The molecule has 0 aliphatic heterocycles. The van der Waals surface area contributed by atoms with Crippen molar-refractivity contribution in [3.05, 3.63) is 41.4 Å². The lowest BCUT2D eigenvalue weighted by Gasteiger charge is -1.98. The van der Waals surface area contributed by atoms with E-state index in [0.717, 1.165) is 16.9 Å². The summed E-state index contributed by atoms with van der Waals surface area (Å²) < 4.78 is 0. The molecule has 4 heteroatoms. The van der Waals surface area contributed by atoms with E-state index >= 15 is 0 Å². The van der Waals surface area contributed by atoms with Gasteiger partial charge >= 0.3 is 0 Å². The number of aromatic nitrogens is 1. The highest BCUT2D eigenvalue weighted by Gasteiger charge is 2.04. The summed E-state index contributed by atoms with van der Waals surface area (Å²) in [5.41, 5.74) is 1.60. The molecule has 0 fully saturated rings. The molecule has 2 rings (SSSR count). The van der Waals surface area contributed by atoms with Crippen LogP contribution in [0.25, 0.3) is 10.6 Å². The van der Waals surface area contributed by atoms with Gasteiger partial charge in [0.25, 0.3) is 0 Å². The van der Waals surface area contributed by atoms with Gasteiger partial charge in [-0.3, -0.25) is 4.79 Å². The molecule has 0 saturated heterocycles. The Balaban J connectivity index is 0.000000980. The molecular weight excluding hydrogens is 218 g/mol. The van der Waals surface area contributed by atoms with Crippen molar-refractivity contribution < 1.29 is 4.79 Å². The maximum absolute atomic E-state index is 10.7. The van der Waals surface area contributed by atoms with Gasteiger partial charge in [0.15, 0.2) is 6.29 Å². The smallest absolute Gasteiger partial charge is 0.150 e. The molecular formula is C10H8ClNOS. The van der Waals surface area contributed by atoms with Crippen molar-refractivity contribution in [3.63, 3.8) is 0 Å². The van der Waals surface area contributed by atoms with Gasteiger partial charge in [0.05, 0.1) is 0 Å². The lowest BCUT2D eigenvalue weighted by Crippen LogP contribution is -1.85. The monoisotopic (exact) mass is 225 g/mol. The topological polar surface area (TPSA) is 30.0 Å². The molecule has 0 unspecified atom stereocenters. The highest BCUT2D eigenvalue weighted by molar-refractivity contribution is 7.13. The van der Waals surface area contributed by atoms with Crippen LogP contribution in [0, 0.1) is 0 Å². The molecule has 1 heterocycles. The number of carbonyl (C=O) groups excluding carboxylic acids is 1. The lowest BCUT2D eigenvalue weighted by molar-refractivity contribution is 0.112. The Kier molecular flexibility index (Phi) is 3.80. The summed E-state index contributed by atoms with van der Waals surface area (Å²) in [5, 5.41) is 2.79. The molecule has 0 atom stereocenters. The molecule has 0 saturated carbocycles. The summed E-state index contributed by atoms with van der Waals surface area (Å²) in [4.78, 5) is 14.9. The molecule has 14 heavy (non-hydrogen) atoms. The van der Waals surface area contributed by atoms with Crippen LogP contribution in [-0.2, 0) is 0 Å². The Morgan fingerprint density at radius 3 is 2.71 bits per heavy atom. The van der Waals surface area contributed by atoms with Crippen LogP contribution in [0.4, 0.5) is 0 Å². The first kappa shape index (κ1) is 10.9. The van der Waals surface area contributed by atoms with E-state index in [1.165, 1.54) is 11.3 Å². The molecule has 0 bridgehead atoms. The summed E-state index contributed by atoms with van der Waals surface area (Å²) >= 11 is 1.54. The molecule has 0 aliphatic carbocycles. The average molecular weight is 226 g/mol. The summed E-state index contributed by atoms with van der Waals surface area (Å²) in [6.07, 6.45) is 2.60. The van der Waals surface area contributed by atoms with E-state index in [2.05, 4.69) is 4.98 Å². The third-order valence-corrected chi connectivity index (χ3v) is 2.56. The summed E-state index contributed by atoms with van der Waals surface area (Å²) in [5.74, 6) is 0. The van der Waals surface area contributed by atoms with E-state index in [1.807, 2.05) is 23.6 Å². The number of benzene rings is 1. The second-order valence-electron chi connectivity index (χ2n) is 2.54. The predicted molar refractivity (Wildman–Crippen MR) is 60.2 cm³/mol. The van der Waals surface area contributed by atoms with Crippen LogP contribution in [-0.4, -0.2) is 11.3 Å². The van der Waals surface area contributed by atoms with Crippen LogP contribution < -0.4 is 0 Å². The van der Waals surface area contributed by atoms with Gasteiger partial charge in [0.1, 0.15) is 5.01 Å². The minimum Gasteiger partial charge on any atom is -0.298 e. The highest BCUT2D eigenvalue weighted by atomic mass is 35.5.